The third kappa shape index (κ3) is 3.15. The molecular weight excluding hydrogens is 166 g/mol. The van der Waals surface area contributed by atoms with Crippen LogP contribution < -0.4 is 0 Å². The largest absolute Gasteiger partial charge is 0.479 e. The van der Waals surface area contributed by atoms with Gasteiger partial charge < -0.3 is 9.94 Å². The van der Waals surface area contributed by atoms with Gasteiger partial charge in [0.25, 0.3) is 0 Å². The Morgan fingerprint density at radius 1 is 1.38 bits per heavy atom. The molecule has 0 bridgehead atoms. The van der Waals surface area contributed by atoms with Crippen molar-refractivity contribution in [2.45, 2.75) is 13.3 Å². The summed E-state index contributed by atoms with van der Waals surface area (Å²) >= 11 is 0. The van der Waals surface area contributed by atoms with Crippen molar-refractivity contribution in [1.29, 1.82) is 0 Å². The Morgan fingerprint density at radius 2 is 2.08 bits per heavy atom. The second-order valence-corrected chi connectivity index (χ2v) is 2.59. The Kier molecular flexibility index (Phi) is 3.82. The molecule has 0 saturated carbocycles. The summed E-state index contributed by atoms with van der Waals surface area (Å²) in [4.78, 5) is 0. The van der Waals surface area contributed by atoms with Crippen molar-refractivity contribution in [3.8, 4) is 0 Å². The van der Waals surface area contributed by atoms with Crippen molar-refractivity contribution in [2.75, 3.05) is 6.61 Å². The highest BCUT2D eigenvalue weighted by atomic mass is 16.5. The number of ether oxygens (including phenoxy) is 1. The van der Waals surface area contributed by atoms with Crippen LogP contribution in [0.3, 0.4) is 0 Å². The molecule has 0 aliphatic carbocycles. The van der Waals surface area contributed by atoms with Gasteiger partial charge >= 0.3 is 0 Å². The van der Waals surface area contributed by atoms with Gasteiger partial charge in [-0.25, -0.2) is 0 Å². The molecular formula is C10H13NO2. The van der Waals surface area contributed by atoms with E-state index in [0.29, 0.717) is 18.9 Å². The number of hydrogen-bond donors (Lipinski definition) is 1. The zero-order chi connectivity index (χ0) is 9.52. The molecule has 0 saturated heterocycles. The van der Waals surface area contributed by atoms with Gasteiger partial charge in [0.1, 0.15) is 0 Å². The minimum Gasteiger partial charge on any atom is -0.479 e. The van der Waals surface area contributed by atoms with Crippen molar-refractivity contribution >= 4 is 5.90 Å². The lowest BCUT2D eigenvalue weighted by molar-refractivity contribution is 0.259. The van der Waals surface area contributed by atoms with Crippen molar-refractivity contribution in [3.63, 3.8) is 0 Å². The zero-order valence-electron chi connectivity index (χ0n) is 7.60. The summed E-state index contributed by atoms with van der Waals surface area (Å²) in [5, 5.41) is 11.6. The van der Waals surface area contributed by atoms with E-state index in [1.165, 1.54) is 0 Å². The maximum Gasteiger partial charge on any atom is 0.229 e. The van der Waals surface area contributed by atoms with Crippen LogP contribution in [-0.2, 0) is 11.2 Å². The van der Waals surface area contributed by atoms with Gasteiger partial charge in [-0.3, -0.25) is 0 Å². The fourth-order valence-electron chi connectivity index (χ4n) is 1.05. The molecule has 1 N–H and O–H groups in total. The summed E-state index contributed by atoms with van der Waals surface area (Å²) in [6.07, 6.45) is 0.533. The zero-order valence-corrected chi connectivity index (χ0v) is 7.60. The fourth-order valence-corrected chi connectivity index (χ4v) is 1.05. The molecule has 1 aromatic carbocycles. The minimum absolute atomic E-state index is 0.355. The topological polar surface area (TPSA) is 41.8 Å². The molecule has 0 amide bonds. The molecule has 1 rings (SSSR count). The van der Waals surface area contributed by atoms with Crippen molar-refractivity contribution in [3.05, 3.63) is 35.9 Å². The third-order valence-electron chi connectivity index (χ3n) is 1.62. The van der Waals surface area contributed by atoms with Crippen LogP contribution in [0.25, 0.3) is 0 Å². The van der Waals surface area contributed by atoms with Gasteiger partial charge in [-0.15, -0.1) is 0 Å². The molecule has 13 heavy (non-hydrogen) atoms. The van der Waals surface area contributed by atoms with E-state index in [-0.39, 0.29) is 0 Å². The summed E-state index contributed by atoms with van der Waals surface area (Å²) in [6, 6.07) is 9.75. The van der Waals surface area contributed by atoms with Crippen LogP contribution in [0.4, 0.5) is 0 Å². The second kappa shape index (κ2) is 5.19. The SMILES string of the molecule is CCO/C(Cc1ccccc1)=N/O. The highest BCUT2D eigenvalue weighted by molar-refractivity contribution is 5.77. The average Bonchev–Trinajstić information content (AvgIpc) is 2.19. The van der Waals surface area contributed by atoms with Crippen LogP contribution in [-0.4, -0.2) is 17.7 Å². The summed E-state index contributed by atoms with van der Waals surface area (Å²) in [7, 11) is 0. The predicted octanol–water partition coefficient (Wildman–Crippen LogP) is 2.05. The molecule has 0 heterocycles. The van der Waals surface area contributed by atoms with Crippen LogP contribution in [0.5, 0.6) is 0 Å². The first kappa shape index (κ1) is 9.58. The monoisotopic (exact) mass is 179 g/mol. The summed E-state index contributed by atoms with van der Waals surface area (Å²) in [5.41, 5.74) is 1.07. The van der Waals surface area contributed by atoms with Gasteiger partial charge in [0.2, 0.25) is 5.90 Å². The van der Waals surface area contributed by atoms with Crippen LogP contribution in [0.15, 0.2) is 35.5 Å². The van der Waals surface area contributed by atoms with E-state index >= 15 is 0 Å². The molecule has 70 valence electrons. The molecule has 0 fully saturated rings. The first-order valence-corrected chi connectivity index (χ1v) is 4.24. The summed E-state index contributed by atoms with van der Waals surface area (Å²) < 4.78 is 5.10. The van der Waals surface area contributed by atoms with Crippen LogP contribution in [0.1, 0.15) is 12.5 Å². The molecule has 0 spiro atoms. The number of nitrogens with zero attached hydrogens (tertiary/aromatic N) is 1. The Hall–Kier alpha value is -1.51. The highest BCUT2D eigenvalue weighted by Crippen LogP contribution is 2.01. The van der Waals surface area contributed by atoms with E-state index in [4.69, 9.17) is 9.94 Å². The Bertz CT molecular complexity index is 270. The molecule has 3 heteroatoms. The normalized spacial score (nSPS) is 11.3. The van der Waals surface area contributed by atoms with E-state index in [9.17, 15) is 0 Å². The molecule has 0 aliphatic heterocycles. The number of hydrogen-bond acceptors (Lipinski definition) is 3. The van der Waals surface area contributed by atoms with Gasteiger partial charge in [0, 0.05) is 0 Å². The predicted molar refractivity (Wildman–Crippen MR) is 51.0 cm³/mol. The van der Waals surface area contributed by atoms with Crippen molar-refractivity contribution < 1.29 is 9.94 Å². The lowest BCUT2D eigenvalue weighted by atomic mass is 10.1. The molecule has 0 aliphatic rings. The van der Waals surface area contributed by atoms with E-state index in [0.717, 1.165) is 5.56 Å². The lowest BCUT2D eigenvalue weighted by Gasteiger charge is -2.04. The van der Waals surface area contributed by atoms with E-state index in [1.54, 1.807) is 0 Å². The van der Waals surface area contributed by atoms with Gasteiger partial charge in [0.05, 0.1) is 13.0 Å². The van der Waals surface area contributed by atoms with Gasteiger partial charge in [-0.1, -0.05) is 35.5 Å². The summed E-state index contributed by atoms with van der Waals surface area (Å²) in [6.45, 7) is 2.38. The number of benzene rings is 1. The molecule has 1 aromatic rings. The van der Waals surface area contributed by atoms with Crippen molar-refractivity contribution in [2.24, 2.45) is 5.16 Å². The molecule has 0 radical (unpaired) electrons. The molecule has 3 nitrogen and oxygen atoms in total. The van der Waals surface area contributed by atoms with Crippen LogP contribution >= 0.6 is 0 Å². The van der Waals surface area contributed by atoms with Crippen LogP contribution in [0, 0.1) is 0 Å². The lowest BCUT2D eigenvalue weighted by Crippen LogP contribution is -2.08. The Balaban J connectivity index is 2.58. The van der Waals surface area contributed by atoms with Gasteiger partial charge in [-0.2, -0.15) is 0 Å². The maximum absolute atomic E-state index is 8.58. The standard InChI is InChI=1S/C10H13NO2/c1-2-13-10(11-12)8-9-6-4-3-5-7-9/h3-7,12H,2,8H2,1H3/b11-10+. The van der Waals surface area contributed by atoms with E-state index in [2.05, 4.69) is 5.16 Å². The Morgan fingerprint density at radius 3 is 2.62 bits per heavy atom. The van der Waals surface area contributed by atoms with Crippen molar-refractivity contribution in [1.82, 2.24) is 0 Å². The number of oxime groups is 1. The first-order chi connectivity index (χ1) is 6.36. The summed E-state index contributed by atoms with van der Waals surface area (Å²) in [5.74, 6) is 0.355. The molecule has 0 aromatic heterocycles. The quantitative estimate of drug-likeness (QED) is 0.334. The minimum atomic E-state index is 0.355. The Labute approximate surface area is 77.6 Å². The van der Waals surface area contributed by atoms with Gasteiger partial charge in [0.15, 0.2) is 0 Å². The second-order valence-electron chi connectivity index (χ2n) is 2.59. The maximum atomic E-state index is 8.58. The molecule has 0 unspecified atom stereocenters. The number of rotatable bonds is 3. The van der Waals surface area contributed by atoms with Gasteiger partial charge in [-0.05, 0) is 12.5 Å². The molecule has 0 atom stereocenters. The highest BCUT2D eigenvalue weighted by Gasteiger charge is 2.01. The average molecular weight is 179 g/mol. The smallest absolute Gasteiger partial charge is 0.229 e. The first-order valence-electron chi connectivity index (χ1n) is 4.24. The third-order valence-corrected chi connectivity index (χ3v) is 1.62. The fraction of sp³-hybridized carbons (Fsp3) is 0.300. The van der Waals surface area contributed by atoms with Crippen LogP contribution in [0.2, 0.25) is 0 Å². The van der Waals surface area contributed by atoms with E-state index < -0.39 is 0 Å². The van der Waals surface area contributed by atoms with E-state index in [1.807, 2.05) is 37.3 Å².